The maximum Gasteiger partial charge on any atom is 0.194 e. The summed E-state index contributed by atoms with van der Waals surface area (Å²) in [4.78, 5) is 0. The van der Waals surface area contributed by atoms with Crippen LogP contribution in [0.4, 0.5) is 13.2 Å². The summed E-state index contributed by atoms with van der Waals surface area (Å²) in [6.45, 7) is 2.10. The molecule has 0 amide bonds. The van der Waals surface area contributed by atoms with E-state index in [0.717, 1.165) is 36.3 Å². The molecule has 0 bridgehead atoms. The Balaban J connectivity index is 1.37. The predicted octanol–water partition coefficient (Wildman–Crippen LogP) is 8.01. The summed E-state index contributed by atoms with van der Waals surface area (Å²) in [5, 5.41) is 0. The molecular formula is C25H35F3. The molecule has 28 heavy (non-hydrogen) atoms. The zero-order valence-electron chi connectivity index (χ0n) is 17.2. The molecule has 2 fully saturated rings. The molecule has 3 rings (SSSR count). The summed E-state index contributed by atoms with van der Waals surface area (Å²) in [6, 6.07) is 2.30. The number of hydrogen-bond acceptors (Lipinski definition) is 0. The maximum atomic E-state index is 13.4. The van der Waals surface area contributed by atoms with E-state index in [-0.39, 0.29) is 0 Å². The van der Waals surface area contributed by atoms with E-state index in [1.165, 1.54) is 64.2 Å². The SMILES string of the molecule is C/C=C/CC[C@H]1CC[C@H]([C@H]2CC[C@H](CCc3cc(F)c(F)c(F)c3)CC2)CC1. The van der Waals surface area contributed by atoms with Gasteiger partial charge in [-0.3, -0.25) is 0 Å². The Kier molecular flexibility index (Phi) is 8.05. The van der Waals surface area contributed by atoms with Crippen molar-refractivity contribution in [1.82, 2.24) is 0 Å². The van der Waals surface area contributed by atoms with Crippen molar-refractivity contribution >= 4 is 0 Å². The van der Waals surface area contributed by atoms with Crippen LogP contribution in [0.5, 0.6) is 0 Å². The molecule has 0 nitrogen and oxygen atoms in total. The van der Waals surface area contributed by atoms with Crippen LogP contribution in [0.3, 0.4) is 0 Å². The minimum Gasteiger partial charge on any atom is -0.204 e. The highest BCUT2D eigenvalue weighted by molar-refractivity contribution is 5.19. The zero-order valence-corrected chi connectivity index (χ0v) is 17.2. The van der Waals surface area contributed by atoms with Crippen LogP contribution in [0.2, 0.25) is 0 Å². The lowest BCUT2D eigenvalue weighted by Crippen LogP contribution is -2.26. The fourth-order valence-electron chi connectivity index (χ4n) is 5.52. The van der Waals surface area contributed by atoms with E-state index in [0.29, 0.717) is 17.9 Å². The topological polar surface area (TPSA) is 0 Å². The van der Waals surface area contributed by atoms with Crippen molar-refractivity contribution in [2.24, 2.45) is 23.7 Å². The summed E-state index contributed by atoms with van der Waals surface area (Å²) in [6.07, 6.45) is 19.4. The van der Waals surface area contributed by atoms with Gasteiger partial charge >= 0.3 is 0 Å². The van der Waals surface area contributed by atoms with Crippen molar-refractivity contribution in [2.75, 3.05) is 0 Å². The molecular weight excluding hydrogens is 357 g/mol. The average Bonchev–Trinajstić information content (AvgIpc) is 2.71. The quantitative estimate of drug-likeness (QED) is 0.326. The van der Waals surface area contributed by atoms with E-state index < -0.39 is 17.5 Å². The summed E-state index contributed by atoms with van der Waals surface area (Å²) in [5.74, 6) is -0.126. The average molecular weight is 393 g/mol. The normalized spacial score (nSPS) is 28.7. The lowest BCUT2D eigenvalue weighted by Gasteiger charge is -2.38. The minimum atomic E-state index is -1.36. The van der Waals surface area contributed by atoms with Gasteiger partial charge in [0.05, 0.1) is 0 Å². The summed E-state index contributed by atoms with van der Waals surface area (Å²) >= 11 is 0. The van der Waals surface area contributed by atoms with Gasteiger partial charge in [-0.2, -0.15) is 0 Å². The van der Waals surface area contributed by atoms with Crippen LogP contribution in [-0.4, -0.2) is 0 Å². The molecule has 156 valence electrons. The van der Waals surface area contributed by atoms with Gasteiger partial charge in [-0.15, -0.1) is 0 Å². The van der Waals surface area contributed by atoms with E-state index in [9.17, 15) is 13.2 Å². The van der Waals surface area contributed by atoms with E-state index in [2.05, 4.69) is 19.1 Å². The Morgan fingerprint density at radius 2 is 1.29 bits per heavy atom. The van der Waals surface area contributed by atoms with E-state index in [1.807, 2.05) is 0 Å². The van der Waals surface area contributed by atoms with Crippen molar-refractivity contribution in [3.63, 3.8) is 0 Å². The van der Waals surface area contributed by atoms with Gasteiger partial charge in [0.2, 0.25) is 0 Å². The van der Waals surface area contributed by atoms with Crippen molar-refractivity contribution < 1.29 is 13.2 Å². The van der Waals surface area contributed by atoms with Gasteiger partial charge < -0.3 is 0 Å². The Bertz CT molecular complexity index is 612. The first-order chi connectivity index (χ1) is 13.6. The van der Waals surface area contributed by atoms with Crippen molar-refractivity contribution in [3.8, 4) is 0 Å². The maximum absolute atomic E-state index is 13.4. The lowest BCUT2D eigenvalue weighted by molar-refractivity contribution is 0.141. The summed E-state index contributed by atoms with van der Waals surface area (Å²) < 4.78 is 39.8. The molecule has 0 radical (unpaired) electrons. The fourth-order valence-corrected chi connectivity index (χ4v) is 5.52. The van der Waals surface area contributed by atoms with Crippen LogP contribution in [0, 0.1) is 41.1 Å². The number of halogens is 3. The number of rotatable bonds is 7. The molecule has 0 aromatic heterocycles. The lowest BCUT2D eigenvalue weighted by atomic mass is 9.68. The molecule has 0 N–H and O–H groups in total. The van der Waals surface area contributed by atoms with Crippen LogP contribution in [0.1, 0.15) is 83.1 Å². The smallest absolute Gasteiger partial charge is 0.194 e. The zero-order chi connectivity index (χ0) is 19.9. The first-order valence-electron chi connectivity index (χ1n) is 11.3. The molecule has 0 unspecified atom stereocenters. The van der Waals surface area contributed by atoms with Crippen LogP contribution in [0.15, 0.2) is 24.3 Å². The molecule has 3 heteroatoms. The van der Waals surface area contributed by atoms with Gasteiger partial charge in [-0.05, 0) is 99.7 Å². The van der Waals surface area contributed by atoms with Crippen LogP contribution >= 0.6 is 0 Å². The fraction of sp³-hybridized carbons (Fsp3) is 0.680. The molecule has 1 aromatic rings. The summed E-state index contributed by atoms with van der Waals surface area (Å²) in [7, 11) is 0. The predicted molar refractivity (Wildman–Crippen MR) is 110 cm³/mol. The molecule has 1 aromatic carbocycles. The Hall–Kier alpha value is -1.25. The molecule has 2 aliphatic carbocycles. The highest BCUT2D eigenvalue weighted by Crippen LogP contribution is 2.43. The second-order valence-electron chi connectivity index (χ2n) is 9.12. The molecule has 2 saturated carbocycles. The number of hydrogen-bond donors (Lipinski definition) is 0. The van der Waals surface area contributed by atoms with Gasteiger partial charge in [-0.25, -0.2) is 13.2 Å². The first-order valence-corrected chi connectivity index (χ1v) is 11.3. The molecule has 0 atom stereocenters. The largest absolute Gasteiger partial charge is 0.204 e. The first kappa shape index (κ1) is 21.5. The highest BCUT2D eigenvalue weighted by Gasteiger charge is 2.30. The molecule has 2 aliphatic rings. The Morgan fingerprint density at radius 1 is 0.786 bits per heavy atom. The third-order valence-corrected chi connectivity index (χ3v) is 7.31. The third-order valence-electron chi connectivity index (χ3n) is 7.31. The van der Waals surface area contributed by atoms with Crippen LogP contribution < -0.4 is 0 Å². The van der Waals surface area contributed by atoms with E-state index >= 15 is 0 Å². The van der Waals surface area contributed by atoms with Crippen molar-refractivity contribution in [3.05, 3.63) is 47.3 Å². The van der Waals surface area contributed by atoms with Gasteiger partial charge in [0.15, 0.2) is 17.5 Å². The second kappa shape index (κ2) is 10.5. The molecule has 0 heterocycles. The summed E-state index contributed by atoms with van der Waals surface area (Å²) in [5.41, 5.74) is 0.578. The van der Waals surface area contributed by atoms with Gasteiger partial charge in [0.1, 0.15) is 0 Å². The van der Waals surface area contributed by atoms with Gasteiger partial charge in [-0.1, -0.05) is 37.8 Å². The second-order valence-corrected chi connectivity index (χ2v) is 9.12. The number of aryl methyl sites for hydroxylation is 1. The minimum absolute atomic E-state index is 0.578. The molecule has 0 saturated heterocycles. The van der Waals surface area contributed by atoms with Gasteiger partial charge in [0, 0.05) is 0 Å². The number of benzene rings is 1. The van der Waals surface area contributed by atoms with Gasteiger partial charge in [0.25, 0.3) is 0 Å². The molecule has 0 aliphatic heterocycles. The van der Waals surface area contributed by atoms with E-state index in [1.54, 1.807) is 0 Å². The molecule has 0 spiro atoms. The highest BCUT2D eigenvalue weighted by atomic mass is 19.2. The Labute approximate surface area is 168 Å². The monoisotopic (exact) mass is 392 g/mol. The Morgan fingerprint density at radius 3 is 1.79 bits per heavy atom. The van der Waals surface area contributed by atoms with Crippen molar-refractivity contribution in [2.45, 2.75) is 84.0 Å². The standard InChI is InChI=1S/C25H35F3/c1-2-3-4-5-18-8-12-21(13-9-18)22-14-10-19(11-15-22)6-7-20-16-23(26)25(28)24(27)17-20/h2-3,16-19,21-22H,4-15H2,1H3/b3-2+/t18-,19-,21-,22-. The third kappa shape index (κ3) is 5.87. The number of allylic oxidation sites excluding steroid dienone is 2. The van der Waals surface area contributed by atoms with Crippen molar-refractivity contribution in [1.29, 1.82) is 0 Å². The van der Waals surface area contributed by atoms with Crippen LogP contribution in [-0.2, 0) is 6.42 Å². The van der Waals surface area contributed by atoms with Crippen LogP contribution in [0.25, 0.3) is 0 Å². The van der Waals surface area contributed by atoms with E-state index in [4.69, 9.17) is 0 Å².